The lowest BCUT2D eigenvalue weighted by molar-refractivity contribution is 0.103. The SMILES string of the molecule is O=C(c1ccc(C(c2ccc(O)cc2)(c2ccc(O)cc2)c2ccc(C(=O)c3cc(S(=O)(=O)O)cc(S(=O)(=O)O)c3)cc2)cc1)c1cc(S(=O)(=O)O)cc(S(=O)(=O)O)c1. The summed E-state index contributed by atoms with van der Waals surface area (Å²) in [6.45, 7) is 0. The monoisotopic (exact) mass is 880 g/mol. The summed E-state index contributed by atoms with van der Waals surface area (Å²) < 4.78 is 134. The Morgan fingerprint density at radius 3 is 0.780 bits per heavy atom. The van der Waals surface area contributed by atoms with E-state index in [2.05, 4.69) is 0 Å². The summed E-state index contributed by atoms with van der Waals surface area (Å²) in [6, 6.07) is 27.0. The van der Waals surface area contributed by atoms with Crippen LogP contribution in [0.1, 0.15) is 54.1 Å². The summed E-state index contributed by atoms with van der Waals surface area (Å²) in [6.07, 6.45) is 0. The normalized spacial score (nSPS) is 12.5. The molecular weight excluding hydrogens is 853 g/mol. The summed E-state index contributed by atoms with van der Waals surface area (Å²) in [4.78, 5) is 23.5. The van der Waals surface area contributed by atoms with Crippen molar-refractivity contribution in [3.8, 4) is 11.5 Å². The summed E-state index contributed by atoms with van der Waals surface area (Å²) >= 11 is 0. The molecule has 6 rings (SSSR count). The number of ketones is 2. The zero-order valence-electron chi connectivity index (χ0n) is 29.6. The highest BCUT2D eigenvalue weighted by atomic mass is 32.2. The predicted molar refractivity (Wildman–Crippen MR) is 207 cm³/mol. The minimum Gasteiger partial charge on any atom is -0.508 e. The van der Waals surface area contributed by atoms with Crippen LogP contribution in [0.3, 0.4) is 0 Å². The molecule has 6 aromatic rings. The maximum Gasteiger partial charge on any atom is 0.294 e. The smallest absolute Gasteiger partial charge is 0.294 e. The first-order chi connectivity index (χ1) is 27.4. The van der Waals surface area contributed by atoms with Crippen LogP contribution >= 0.6 is 0 Å². The fraction of sp³-hybridized carbons (Fsp3) is 0.0256. The van der Waals surface area contributed by atoms with E-state index >= 15 is 0 Å². The van der Waals surface area contributed by atoms with Gasteiger partial charge in [0.1, 0.15) is 11.5 Å². The van der Waals surface area contributed by atoms with Gasteiger partial charge in [0.25, 0.3) is 40.5 Å². The molecule has 0 spiro atoms. The molecular formula is C39H28O16S4. The van der Waals surface area contributed by atoms with E-state index < -0.39 is 88.2 Å². The standard InChI is InChI=1S/C39H28O16S4/c40-31-13-9-29(10-14-31)39(30-11-15-32(41)16-12-30,27-5-1-23(2-6-27)37(42)25-17-33(56(44,45)46)21-34(18-25)57(47,48)49)28-7-3-24(4-8-28)38(43)26-19-35(58(50,51)52)22-36(20-26)59(53,54)55/h1-22,40-41H,(H,44,45,46)(H,47,48,49)(H,50,51,52)(H,53,54,55). The Labute approximate surface area is 336 Å². The summed E-state index contributed by atoms with van der Waals surface area (Å²) in [5, 5.41) is 20.5. The second-order valence-electron chi connectivity index (χ2n) is 12.9. The number of carbonyl (C=O) groups is 2. The molecule has 304 valence electrons. The zero-order chi connectivity index (χ0) is 43.3. The quantitative estimate of drug-likeness (QED) is 0.0540. The van der Waals surface area contributed by atoms with E-state index in [9.17, 15) is 71.7 Å². The molecule has 6 aromatic carbocycles. The predicted octanol–water partition coefficient (Wildman–Crippen LogP) is 4.93. The largest absolute Gasteiger partial charge is 0.508 e. The maximum atomic E-state index is 13.7. The Kier molecular flexibility index (Phi) is 11.0. The number of aromatic hydroxyl groups is 2. The van der Waals surface area contributed by atoms with Gasteiger partial charge in [-0.3, -0.25) is 27.8 Å². The van der Waals surface area contributed by atoms with Gasteiger partial charge in [-0.25, -0.2) is 0 Å². The number of hydrogen-bond acceptors (Lipinski definition) is 12. The van der Waals surface area contributed by atoms with E-state index in [-0.39, 0.29) is 22.6 Å². The molecule has 59 heavy (non-hydrogen) atoms. The van der Waals surface area contributed by atoms with Gasteiger partial charge in [-0.15, -0.1) is 0 Å². The van der Waals surface area contributed by atoms with Crippen LogP contribution in [0, 0.1) is 0 Å². The highest BCUT2D eigenvalue weighted by Gasteiger charge is 2.39. The Hall–Kier alpha value is -6.10. The van der Waals surface area contributed by atoms with Crippen molar-refractivity contribution < 1.29 is 71.7 Å². The molecule has 0 aromatic heterocycles. The van der Waals surface area contributed by atoms with Gasteiger partial charge >= 0.3 is 0 Å². The Morgan fingerprint density at radius 1 is 0.339 bits per heavy atom. The molecule has 0 aliphatic rings. The lowest BCUT2D eigenvalue weighted by Gasteiger charge is -2.37. The van der Waals surface area contributed by atoms with Crippen LogP contribution in [-0.4, -0.2) is 73.7 Å². The average Bonchev–Trinajstić information content (AvgIpc) is 3.17. The fourth-order valence-corrected chi connectivity index (χ4v) is 8.86. The first-order valence-electron chi connectivity index (χ1n) is 16.5. The number of phenolic OH excluding ortho intramolecular Hbond substituents is 2. The van der Waals surface area contributed by atoms with Gasteiger partial charge in [-0.1, -0.05) is 72.8 Å². The number of benzene rings is 6. The van der Waals surface area contributed by atoms with E-state index in [1.807, 2.05) is 0 Å². The van der Waals surface area contributed by atoms with Gasteiger partial charge in [0, 0.05) is 22.3 Å². The van der Waals surface area contributed by atoms with Crippen molar-refractivity contribution >= 4 is 52.0 Å². The van der Waals surface area contributed by atoms with Crippen molar-refractivity contribution in [2.45, 2.75) is 25.0 Å². The first kappa shape index (κ1) is 42.5. The third-order valence-electron chi connectivity index (χ3n) is 9.24. The van der Waals surface area contributed by atoms with Crippen LogP contribution in [0.4, 0.5) is 0 Å². The number of hydrogen-bond donors (Lipinski definition) is 6. The summed E-state index contributed by atoms with van der Waals surface area (Å²) in [5.74, 6) is -2.04. The topological polar surface area (TPSA) is 292 Å². The van der Waals surface area contributed by atoms with E-state index in [1.165, 1.54) is 72.8 Å². The van der Waals surface area contributed by atoms with Crippen LogP contribution in [-0.2, 0) is 45.9 Å². The molecule has 0 saturated carbocycles. The van der Waals surface area contributed by atoms with Gasteiger partial charge < -0.3 is 10.2 Å². The molecule has 6 N–H and O–H groups in total. The van der Waals surface area contributed by atoms with Crippen molar-refractivity contribution in [2.75, 3.05) is 0 Å². The second kappa shape index (κ2) is 15.3. The second-order valence-corrected chi connectivity index (χ2v) is 18.6. The average molecular weight is 881 g/mol. The first-order valence-corrected chi connectivity index (χ1v) is 22.2. The molecule has 20 heteroatoms. The molecule has 16 nitrogen and oxygen atoms in total. The van der Waals surface area contributed by atoms with E-state index in [0.717, 1.165) is 24.3 Å². The van der Waals surface area contributed by atoms with E-state index in [1.54, 1.807) is 24.3 Å². The minimum absolute atomic E-state index is 0.106. The van der Waals surface area contributed by atoms with Crippen LogP contribution in [0.25, 0.3) is 0 Å². The van der Waals surface area contributed by atoms with Crippen molar-refractivity contribution in [3.63, 3.8) is 0 Å². The molecule has 0 bridgehead atoms. The fourth-order valence-electron chi connectivity index (χ4n) is 6.50. The van der Waals surface area contributed by atoms with Gasteiger partial charge in [0.05, 0.1) is 25.0 Å². The van der Waals surface area contributed by atoms with E-state index in [0.29, 0.717) is 34.4 Å². The van der Waals surface area contributed by atoms with Gasteiger partial charge in [-0.05, 0) is 82.9 Å². The van der Waals surface area contributed by atoms with Gasteiger partial charge in [0.2, 0.25) is 0 Å². The van der Waals surface area contributed by atoms with Crippen molar-refractivity contribution in [1.29, 1.82) is 0 Å². The highest BCUT2D eigenvalue weighted by Crippen LogP contribution is 2.46. The molecule has 0 saturated heterocycles. The van der Waals surface area contributed by atoms with Gasteiger partial charge in [-0.2, -0.15) is 33.7 Å². The Bertz CT molecular complexity index is 2790. The third-order valence-corrected chi connectivity index (χ3v) is 12.6. The lowest BCUT2D eigenvalue weighted by Crippen LogP contribution is -2.31. The molecule has 0 radical (unpaired) electrons. The number of phenols is 2. The van der Waals surface area contributed by atoms with Crippen molar-refractivity contribution in [3.05, 3.63) is 178 Å². The Morgan fingerprint density at radius 2 is 0.559 bits per heavy atom. The number of rotatable bonds is 12. The molecule has 0 heterocycles. The van der Waals surface area contributed by atoms with Crippen molar-refractivity contribution in [1.82, 2.24) is 0 Å². The van der Waals surface area contributed by atoms with Crippen LogP contribution in [0.2, 0.25) is 0 Å². The van der Waals surface area contributed by atoms with Crippen molar-refractivity contribution in [2.24, 2.45) is 0 Å². The van der Waals surface area contributed by atoms with Crippen LogP contribution in [0.15, 0.2) is 153 Å². The summed E-state index contributed by atoms with van der Waals surface area (Å²) in [7, 11) is -20.2. The molecule has 0 aliphatic heterocycles. The van der Waals surface area contributed by atoms with Gasteiger partial charge in [0.15, 0.2) is 11.6 Å². The lowest BCUT2D eigenvalue weighted by atomic mass is 9.65. The van der Waals surface area contributed by atoms with Crippen LogP contribution in [0.5, 0.6) is 11.5 Å². The minimum atomic E-state index is -5.04. The third kappa shape index (κ3) is 8.70. The molecule has 0 atom stereocenters. The molecule has 0 fully saturated rings. The molecule has 0 aliphatic carbocycles. The molecule has 0 unspecified atom stereocenters. The summed E-state index contributed by atoms with van der Waals surface area (Å²) in [5.41, 5.74) is -0.883. The molecule has 0 amide bonds. The number of carbonyl (C=O) groups excluding carboxylic acids is 2. The zero-order valence-corrected chi connectivity index (χ0v) is 32.9. The Balaban J connectivity index is 1.53. The van der Waals surface area contributed by atoms with E-state index in [4.69, 9.17) is 0 Å². The highest BCUT2D eigenvalue weighted by molar-refractivity contribution is 7.87. The van der Waals surface area contributed by atoms with Crippen LogP contribution < -0.4 is 0 Å². The maximum absolute atomic E-state index is 13.7.